The third-order valence-electron chi connectivity index (χ3n) is 2.56. The molecule has 2 amide bonds. The fourth-order valence-corrected chi connectivity index (χ4v) is 1.77. The zero-order valence-electron chi connectivity index (χ0n) is 10.1. The molecule has 1 aliphatic rings. The molecule has 6 heteroatoms. The van der Waals surface area contributed by atoms with Crippen molar-refractivity contribution in [1.82, 2.24) is 20.4 Å². The number of piperazine rings is 1. The molecule has 92 valence electrons. The molecular weight excluding hydrogens is 208 g/mol. The SMILES string of the molecule is CNC(=O)C1CNCCN1C(=O)CN(C)C. The molecule has 1 aliphatic heterocycles. The highest BCUT2D eigenvalue weighted by Crippen LogP contribution is 2.04. The molecule has 6 nitrogen and oxygen atoms in total. The molecule has 1 heterocycles. The minimum Gasteiger partial charge on any atom is -0.357 e. The lowest BCUT2D eigenvalue weighted by Crippen LogP contribution is -2.60. The van der Waals surface area contributed by atoms with Crippen molar-refractivity contribution in [2.45, 2.75) is 6.04 Å². The maximum absolute atomic E-state index is 11.9. The largest absolute Gasteiger partial charge is 0.357 e. The summed E-state index contributed by atoms with van der Waals surface area (Å²) in [4.78, 5) is 27.0. The summed E-state index contributed by atoms with van der Waals surface area (Å²) in [5.74, 6) is -0.112. The van der Waals surface area contributed by atoms with Gasteiger partial charge in [-0.1, -0.05) is 0 Å². The van der Waals surface area contributed by atoms with Crippen molar-refractivity contribution in [2.24, 2.45) is 0 Å². The molecule has 0 radical (unpaired) electrons. The van der Waals surface area contributed by atoms with Crippen LogP contribution in [0.3, 0.4) is 0 Å². The first-order valence-electron chi connectivity index (χ1n) is 5.42. The number of nitrogens with zero attached hydrogens (tertiary/aromatic N) is 2. The molecule has 1 saturated heterocycles. The average molecular weight is 228 g/mol. The number of likely N-dealkylation sites (N-methyl/N-ethyl adjacent to an activating group) is 2. The topological polar surface area (TPSA) is 64.7 Å². The Hall–Kier alpha value is -1.14. The lowest BCUT2D eigenvalue weighted by Gasteiger charge is -2.35. The lowest BCUT2D eigenvalue weighted by molar-refractivity contribution is -0.141. The third-order valence-corrected chi connectivity index (χ3v) is 2.56. The highest BCUT2D eigenvalue weighted by atomic mass is 16.2. The van der Waals surface area contributed by atoms with E-state index in [1.54, 1.807) is 11.9 Å². The first-order valence-corrected chi connectivity index (χ1v) is 5.42. The molecule has 1 atom stereocenters. The Balaban J connectivity index is 2.66. The predicted molar refractivity (Wildman–Crippen MR) is 61.0 cm³/mol. The summed E-state index contributed by atoms with van der Waals surface area (Å²) in [7, 11) is 5.27. The summed E-state index contributed by atoms with van der Waals surface area (Å²) in [6.45, 7) is 2.20. The van der Waals surface area contributed by atoms with Crippen LogP contribution in [0, 0.1) is 0 Å². The molecule has 0 bridgehead atoms. The van der Waals surface area contributed by atoms with Gasteiger partial charge in [0.25, 0.3) is 0 Å². The first-order chi connectivity index (χ1) is 7.56. The monoisotopic (exact) mass is 228 g/mol. The number of rotatable bonds is 3. The van der Waals surface area contributed by atoms with Gasteiger partial charge in [0.15, 0.2) is 0 Å². The van der Waals surface area contributed by atoms with Gasteiger partial charge in [0, 0.05) is 26.7 Å². The minimum atomic E-state index is -0.383. The normalized spacial score (nSPS) is 21.0. The number of hydrogen-bond donors (Lipinski definition) is 2. The van der Waals surface area contributed by atoms with Crippen LogP contribution in [-0.2, 0) is 9.59 Å². The van der Waals surface area contributed by atoms with Gasteiger partial charge in [-0.25, -0.2) is 0 Å². The molecule has 1 rings (SSSR count). The van der Waals surface area contributed by atoms with Crippen LogP contribution in [-0.4, -0.2) is 75.0 Å². The number of carbonyl (C=O) groups is 2. The van der Waals surface area contributed by atoms with Crippen molar-refractivity contribution in [3.05, 3.63) is 0 Å². The summed E-state index contributed by atoms with van der Waals surface area (Å²) in [5, 5.41) is 5.71. The first kappa shape index (κ1) is 12.9. The van der Waals surface area contributed by atoms with E-state index < -0.39 is 0 Å². The molecule has 0 saturated carbocycles. The quantitative estimate of drug-likeness (QED) is 0.592. The van der Waals surface area contributed by atoms with E-state index >= 15 is 0 Å². The van der Waals surface area contributed by atoms with E-state index in [0.29, 0.717) is 19.6 Å². The number of carbonyl (C=O) groups excluding carboxylic acids is 2. The molecule has 0 aromatic rings. The second kappa shape index (κ2) is 5.81. The molecule has 1 fully saturated rings. The van der Waals surface area contributed by atoms with E-state index in [0.717, 1.165) is 6.54 Å². The zero-order chi connectivity index (χ0) is 12.1. The zero-order valence-corrected chi connectivity index (χ0v) is 10.1. The Bertz CT molecular complexity index is 268. The highest BCUT2D eigenvalue weighted by molar-refractivity contribution is 5.88. The van der Waals surface area contributed by atoms with Crippen LogP contribution >= 0.6 is 0 Å². The fourth-order valence-electron chi connectivity index (χ4n) is 1.77. The molecule has 0 spiro atoms. The van der Waals surface area contributed by atoms with Crippen molar-refractivity contribution < 1.29 is 9.59 Å². The van der Waals surface area contributed by atoms with Gasteiger partial charge in [0.05, 0.1) is 6.54 Å². The number of amides is 2. The van der Waals surface area contributed by atoms with Crippen molar-refractivity contribution in [3.8, 4) is 0 Å². The summed E-state index contributed by atoms with van der Waals surface area (Å²) >= 11 is 0. The van der Waals surface area contributed by atoms with Crippen LogP contribution in [0.25, 0.3) is 0 Å². The van der Waals surface area contributed by atoms with E-state index in [4.69, 9.17) is 0 Å². The Morgan fingerprint density at radius 2 is 2.19 bits per heavy atom. The van der Waals surface area contributed by atoms with Crippen LogP contribution < -0.4 is 10.6 Å². The fraction of sp³-hybridized carbons (Fsp3) is 0.800. The summed E-state index contributed by atoms with van der Waals surface area (Å²) in [6, 6.07) is -0.383. The predicted octanol–water partition coefficient (Wildman–Crippen LogP) is -1.91. The Morgan fingerprint density at radius 1 is 1.50 bits per heavy atom. The molecule has 1 unspecified atom stereocenters. The Kier molecular flexibility index (Phi) is 4.70. The molecule has 0 aromatic heterocycles. The Morgan fingerprint density at radius 3 is 2.75 bits per heavy atom. The summed E-state index contributed by atoms with van der Waals surface area (Å²) in [6.07, 6.45) is 0. The average Bonchev–Trinajstić information content (AvgIpc) is 2.27. The highest BCUT2D eigenvalue weighted by Gasteiger charge is 2.31. The van der Waals surface area contributed by atoms with Gasteiger partial charge in [0.2, 0.25) is 11.8 Å². The van der Waals surface area contributed by atoms with E-state index in [2.05, 4.69) is 10.6 Å². The smallest absolute Gasteiger partial charge is 0.243 e. The van der Waals surface area contributed by atoms with Gasteiger partial charge in [0.1, 0.15) is 6.04 Å². The Labute approximate surface area is 96.0 Å². The molecule has 2 N–H and O–H groups in total. The van der Waals surface area contributed by atoms with E-state index in [1.165, 1.54) is 0 Å². The van der Waals surface area contributed by atoms with Gasteiger partial charge in [-0.3, -0.25) is 9.59 Å². The van der Waals surface area contributed by atoms with Gasteiger partial charge in [-0.05, 0) is 14.1 Å². The second-order valence-electron chi connectivity index (χ2n) is 4.16. The maximum Gasteiger partial charge on any atom is 0.243 e. The van der Waals surface area contributed by atoms with Gasteiger partial charge < -0.3 is 20.4 Å². The molecule has 16 heavy (non-hydrogen) atoms. The second-order valence-corrected chi connectivity index (χ2v) is 4.16. The van der Waals surface area contributed by atoms with Crippen LogP contribution in [0.2, 0.25) is 0 Å². The van der Waals surface area contributed by atoms with Gasteiger partial charge >= 0.3 is 0 Å². The molecule has 0 aromatic carbocycles. The lowest BCUT2D eigenvalue weighted by atomic mass is 10.1. The van der Waals surface area contributed by atoms with Crippen molar-refractivity contribution in [2.75, 3.05) is 47.3 Å². The standard InChI is InChI=1S/C10H20N4O2/c1-11-10(16)8-6-12-4-5-14(8)9(15)7-13(2)3/h8,12H,4-7H2,1-3H3,(H,11,16). The van der Waals surface area contributed by atoms with Gasteiger partial charge in [-0.15, -0.1) is 0 Å². The number of hydrogen-bond acceptors (Lipinski definition) is 4. The van der Waals surface area contributed by atoms with E-state index in [9.17, 15) is 9.59 Å². The van der Waals surface area contributed by atoms with Crippen LogP contribution in [0.4, 0.5) is 0 Å². The van der Waals surface area contributed by atoms with E-state index in [-0.39, 0.29) is 17.9 Å². The van der Waals surface area contributed by atoms with Crippen LogP contribution in [0.15, 0.2) is 0 Å². The van der Waals surface area contributed by atoms with Gasteiger partial charge in [-0.2, -0.15) is 0 Å². The third kappa shape index (κ3) is 3.18. The van der Waals surface area contributed by atoms with Crippen molar-refractivity contribution >= 4 is 11.8 Å². The minimum absolute atomic E-state index is 0.0000926. The summed E-state index contributed by atoms with van der Waals surface area (Å²) < 4.78 is 0. The molecular formula is C10H20N4O2. The van der Waals surface area contributed by atoms with Crippen molar-refractivity contribution in [1.29, 1.82) is 0 Å². The molecule has 0 aliphatic carbocycles. The van der Waals surface area contributed by atoms with Crippen LogP contribution in [0.1, 0.15) is 0 Å². The summed E-state index contributed by atoms with van der Waals surface area (Å²) in [5.41, 5.74) is 0. The van der Waals surface area contributed by atoms with Crippen molar-refractivity contribution in [3.63, 3.8) is 0 Å². The maximum atomic E-state index is 11.9. The van der Waals surface area contributed by atoms with E-state index in [1.807, 2.05) is 19.0 Å². The van der Waals surface area contributed by atoms with Crippen LogP contribution in [0.5, 0.6) is 0 Å². The number of nitrogens with one attached hydrogen (secondary N) is 2.